The van der Waals surface area contributed by atoms with Gasteiger partial charge in [0.15, 0.2) is 10.8 Å². The first-order valence-electron chi connectivity index (χ1n) is 11.5. The van der Waals surface area contributed by atoms with Gasteiger partial charge in [-0.3, -0.25) is 4.79 Å². The molecule has 2 saturated heterocycles. The molecule has 10 heteroatoms. The van der Waals surface area contributed by atoms with Crippen molar-refractivity contribution in [2.45, 2.75) is 31.3 Å². The lowest BCUT2D eigenvalue weighted by molar-refractivity contribution is 0.102. The summed E-state index contributed by atoms with van der Waals surface area (Å²) in [6.07, 6.45) is 2.53. The molecule has 33 heavy (non-hydrogen) atoms. The molecule has 1 unspecified atom stereocenters. The lowest BCUT2D eigenvalue weighted by atomic mass is 10.2. The number of hydrogen-bond acceptors (Lipinski definition) is 9. The van der Waals surface area contributed by atoms with Crippen molar-refractivity contribution in [2.24, 2.45) is 0 Å². The fraction of sp³-hybridized carbons (Fsp3) is 0.478. The maximum Gasteiger partial charge on any atom is 0.274 e. The predicted octanol–water partition coefficient (Wildman–Crippen LogP) is 2.62. The Labute approximate surface area is 195 Å². The zero-order chi connectivity index (χ0) is 22.4. The van der Waals surface area contributed by atoms with Crippen LogP contribution in [0.5, 0.6) is 0 Å². The molecule has 0 spiro atoms. The summed E-state index contributed by atoms with van der Waals surface area (Å²) in [7, 11) is 0. The van der Waals surface area contributed by atoms with Gasteiger partial charge < -0.3 is 25.0 Å². The molecular weight excluding hydrogens is 440 g/mol. The number of β-amino-alcohol motifs (C(OH)–C–C–N with tert-alkyl or cyclic N) is 1. The fourth-order valence-corrected chi connectivity index (χ4v) is 5.39. The third-order valence-electron chi connectivity index (χ3n) is 6.35. The number of nitrogens with zero attached hydrogens (tertiary/aromatic N) is 5. The summed E-state index contributed by atoms with van der Waals surface area (Å²) in [5.41, 5.74) is 2.76. The molecule has 1 aliphatic carbocycles. The maximum absolute atomic E-state index is 13.1. The molecule has 172 valence electrons. The molecule has 3 aliphatic rings. The lowest BCUT2D eigenvalue weighted by Gasteiger charge is -2.25. The van der Waals surface area contributed by atoms with Crippen molar-refractivity contribution in [3.8, 4) is 0 Å². The molecule has 9 nitrogen and oxygen atoms in total. The molecule has 6 rings (SSSR count). The van der Waals surface area contributed by atoms with Gasteiger partial charge in [0.25, 0.3) is 5.91 Å². The van der Waals surface area contributed by atoms with E-state index in [9.17, 15) is 9.90 Å². The number of aliphatic hydroxyl groups excluding tert-OH is 1. The molecule has 2 aliphatic heterocycles. The van der Waals surface area contributed by atoms with Crippen LogP contribution in [0.3, 0.4) is 0 Å². The number of ether oxygens (including phenoxy) is 1. The minimum Gasteiger partial charge on any atom is -0.391 e. The Balaban J connectivity index is 1.27. The van der Waals surface area contributed by atoms with E-state index in [-0.39, 0.29) is 12.0 Å². The summed E-state index contributed by atoms with van der Waals surface area (Å²) in [5.74, 6) is 0.828. The van der Waals surface area contributed by atoms with Crippen LogP contribution in [0.25, 0.3) is 10.3 Å². The number of carbonyl (C=O) groups is 1. The molecule has 1 atom stereocenters. The molecule has 2 N–H and O–H groups in total. The highest BCUT2D eigenvalue weighted by Crippen LogP contribution is 2.44. The van der Waals surface area contributed by atoms with Crippen molar-refractivity contribution >= 4 is 44.2 Å². The van der Waals surface area contributed by atoms with Gasteiger partial charge in [-0.25, -0.2) is 9.97 Å². The summed E-state index contributed by atoms with van der Waals surface area (Å²) in [6, 6.07) is 7.44. The molecule has 1 amide bonds. The quantitative estimate of drug-likeness (QED) is 0.592. The number of nitrogens with one attached hydrogen (secondary N) is 1. The average molecular weight is 467 g/mol. The van der Waals surface area contributed by atoms with Crippen molar-refractivity contribution < 1.29 is 14.6 Å². The second-order valence-corrected chi connectivity index (χ2v) is 9.85. The largest absolute Gasteiger partial charge is 0.391 e. The van der Waals surface area contributed by atoms with Crippen molar-refractivity contribution in [3.05, 3.63) is 35.7 Å². The molecule has 1 saturated carbocycles. The van der Waals surface area contributed by atoms with Crippen molar-refractivity contribution in [2.75, 3.05) is 54.5 Å². The zero-order valence-electron chi connectivity index (χ0n) is 18.2. The standard InChI is InChI=1S/C23H26N6O3S/c30-15-6-7-29(13-15)19-3-1-2-16(24-19)22(31)25-17-12-18-21(26-20(17)14-4-5-14)27-23(33-18)28-8-10-32-11-9-28/h1-3,12,14-15,30H,4-11,13H2,(H,25,31). The number of aromatic nitrogens is 3. The molecule has 0 bridgehead atoms. The van der Waals surface area contributed by atoms with Crippen LogP contribution in [0, 0.1) is 0 Å². The van der Waals surface area contributed by atoms with Gasteiger partial charge in [-0.1, -0.05) is 17.4 Å². The smallest absolute Gasteiger partial charge is 0.274 e. The summed E-state index contributed by atoms with van der Waals surface area (Å²) in [6.45, 7) is 4.36. The normalized spacial score (nSPS) is 21.1. The molecule has 0 aromatic carbocycles. The Hall–Kier alpha value is -2.82. The number of aliphatic hydroxyl groups is 1. The first-order valence-corrected chi connectivity index (χ1v) is 12.3. The summed E-state index contributed by atoms with van der Waals surface area (Å²) in [4.78, 5) is 31.6. The maximum atomic E-state index is 13.1. The minimum absolute atomic E-state index is 0.252. The third kappa shape index (κ3) is 4.25. The van der Waals surface area contributed by atoms with E-state index in [2.05, 4.69) is 15.2 Å². The minimum atomic E-state index is -0.343. The molecule has 0 radical (unpaired) electrons. The van der Waals surface area contributed by atoms with Gasteiger partial charge >= 0.3 is 0 Å². The summed E-state index contributed by atoms with van der Waals surface area (Å²) < 4.78 is 6.42. The first kappa shape index (κ1) is 20.8. The number of anilines is 3. The Morgan fingerprint density at radius 2 is 1.94 bits per heavy atom. The van der Waals surface area contributed by atoms with Crippen LogP contribution in [0.15, 0.2) is 24.3 Å². The average Bonchev–Trinajstić information content (AvgIpc) is 3.46. The molecule has 3 aromatic heterocycles. The number of amides is 1. The highest BCUT2D eigenvalue weighted by Gasteiger charge is 2.30. The molecule has 3 fully saturated rings. The van der Waals surface area contributed by atoms with Gasteiger partial charge in [-0.2, -0.15) is 4.98 Å². The van der Waals surface area contributed by atoms with Crippen molar-refractivity contribution in [3.63, 3.8) is 0 Å². The Bertz CT molecular complexity index is 1190. The van der Waals surface area contributed by atoms with Gasteiger partial charge in [0.2, 0.25) is 0 Å². The van der Waals surface area contributed by atoms with Crippen LogP contribution in [-0.2, 0) is 4.74 Å². The van der Waals surface area contributed by atoms with Crippen LogP contribution >= 0.6 is 11.3 Å². The van der Waals surface area contributed by atoms with Gasteiger partial charge in [0.05, 0.1) is 35.4 Å². The van der Waals surface area contributed by atoms with Crippen LogP contribution in [0.1, 0.15) is 41.4 Å². The number of morpholine rings is 1. The number of rotatable bonds is 5. The lowest BCUT2D eigenvalue weighted by Crippen LogP contribution is -2.36. The summed E-state index contributed by atoms with van der Waals surface area (Å²) >= 11 is 1.60. The van der Waals surface area contributed by atoms with E-state index >= 15 is 0 Å². The van der Waals surface area contributed by atoms with Crippen LogP contribution in [0.4, 0.5) is 16.6 Å². The van der Waals surface area contributed by atoms with Gasteiger partial charge in [0.1, 0.15) is 11.5 Å². The number of fused-ring (bicyclic) bond motifs is 1. The van der Waals surface area contributed by atoms with E-state index in [0.717, 1.165) is 65.8 Å². The Morgan fingerprint density at radius 1 is 1.09 bits per heavy atom. The van der Waals surface area contributed by atoms with E-state index in [4.69, 9.17) is 14.7 Å². The number of carbonyl (C=O) groups excluding carboxylic acids is 1. The van der Waals surface area contributed by atoms with E-state index in [0.29, 0.717) is 37.2 Å². The summed E-state index contributed by atoms with van der Waals surface area (Å²) in [5, 5.41) is 13.8. The van der Waals surface area contributed by atoms with E-state index in [1.807, 2.05) is 23.1 Å². The van der Waals surface area contributed by atoms with Gasteiger partial charge in [0, 0.05) is 32.1 Å². The predicted molar refractivity (Wildman–Crippen MR) is 127 cm³/mol. The van der Waals surface area contributed by atoms with Crippen molar-refractivity contribution in [1.29, 1.82) is 0 Å². The number of thiazole rings is 1. The number of pyridine rings is 2. The third-order valence-corrected chi connectivity index (χ3v) is 7.40. The van der Waals surface area contributed by atoms with E-state index in [1.54, 1.807) is 17.4 Å². The van der Waals surface area contributed by atoms with Gasteiger partial charge in [-0.05, 0) is 37.5 Å². The zero-order valence-corrected chi connectivity index (χ0v) is 19.1. The highest BCUT2D eigenvalue weighted by molar-refractivity contribution is 7.22. The molecular formula is C23H26N6O3S. The SMILES string of the molecule is O=C(Nc1cc2sc(N3CCOCC3)nc2nc1C1CC1)c1cccc(N2CCC(O)C2)n1. The molecule has 5 heterocycles. The van der Waals surface area contributed by atoms with E-state index < -0.39 is 0 Å². The monoisotopic (exact) mass is 466 g/mol. The second-order valence-electron chi connectivity index (χ2n) is 8.84. The fourth-order valence-electron chi connectivity index (χ4n) is 4.39. The topological polar surface area (TPSA) is 104 Å². The highest BCUT2D eigenvalue weighted by atomic mass is 32.1. The van der Waals surface area contributed by atoms with Crippen LogP contribution in [-0.4, -0.2) is 71.5 Å². The van der Waals surface area contributed by atoms with Gasteiger partial charge in [-0.15, -0.1) is 0 Å². The Kier molecular flexibility index (Phi) is 5.35. The second kappa shape index (κ2) is 8.51. The molecule has 3 aromatic rings. The van der Waals surface area contributed by atoms with Crippen molar-refractivity contribution in [1.82, 2.24) is 15.0 Å². The van der Waals surface area contributed by atoms with E-state index in [1.165, 1.54) is 0 Å². The first-order chi connectivity index (χ1) is 16.1. The van der Waals surface area contributed by atoms with Crippen LogP contribution in [0.2, 0.25) is 0 Å². The van der Waals surface area contributed by atoms with Crippen LogP contribution < -0.4 is 15.1 Å². The number of hydrogen-bond donors (Lipinski definition) is 2. The Morgan fingerprint density at radius 3 is 2.70 bits per heavy atom.